The SMILES string of the molecule is CC(=O)c1cccc(OC2CCC(C)(C)CC2)c1. The van der Waals surface area contributed by atoms with Crippen LogP contribution in [0.25, 0.3) is 0 Å². The van der Waals surface area contributed by atoms with E-state index in [9.17, 15) is 4.79 Å². The normalized spacial score (nSPS) is 19.5. The second-order valence-corrected chi connectivity index (χ2v) is 6.07. The summed E-state index contributed by atoms with van der Waals surface area (Å²) in [6.45, 7) is 6.22. The number of ketones is 1. The van der Waals surface area contributed by atoms with Gasteiger partial charge >= 0.3 is 0 Å². The van der Waals surface area contributed by atoms with Gasteiger partial charge in [-0.2, -0.15) is 0 Å². The van der Waals surface area contributed by atoms with Gasteiger partial charge in [0.05, 0.1) is 6.10 Å². The summed E-state index contributed by atoms with van der Waals surface area (Å²) in [6.07, 6.45) is 4.95. The lowest BCUT2D eigenvalue weighted by Crippen LogP contribution is -2.28. The van der Waals surface area contributed by atoms with Gasteiger partial charge in [-0.1, -0.05) is 26.0 Å². The maximum atomic E-state index is 11.3. The molecule has 98 valence electrons. The average Bonchev–Trinajstić information content (AvgIpc) is 2.32. The smallest absolute Gasteiger partial charge is 0.159 e. The van der Waals surface area contributed by atoms with E-state index in [1.54, 1.807) is 6.92 Å². The van der Waals surface area contributed by atoms with Crippen LogP contribution in [-0.2, 0) is 0 Å². The third kappa shape index (κ3) is 3.34. The molecule has 0 heterocycles. The fourth-order valence-corrected chi connectivity index (χ4v) is 2.47. The molecular formula is C16H22O2. The molecule has 1 saturated carbocycles. The van der Waals surface area contributed by atoms with Gasteiger partial charge in [0, 0.05) is 5.56 Å². The number of carbonyl (C=O) groups excluding carboxylic acids is 1. The van der Waals surface area contributed by atoms with Crippen molar-refractivity contribution in [3.63, 3.8) is 0 Å². The molecule has 0 unspecified atom stereocenters. The van der Waals surface area contributed by atoms with Gasteiger partial charge in [0.15, 0.2) is 5.78 Å². The molecule has 1 aromatic carbocycles. The predicted octanol–water partition coefficient (Wildman–Crippen LogP) is 4.24. The number of carbonyl (C=O) groups is 1. The molecule has 1 aliphatic rings. The quantitative estimate of drug-likeness (QED) is 0.746. The van der Waals surface area contributed by atoms with Crippen LogP contribution in [0.2, 0.25) is 0 Å². The van der Waals surface area contributed by atoms with Crippen LogP contribution >= 0.6 is 0 Å². The first kappa shape index (κ1) is 13.1. The van der Waals surface area contributed by atoms with Crippen LogP contribution in [0.15, 0.2) is 24.3 Å². The summed E-state index contributed by atoms with van der Waals surface area (Å²) in [6, 6.07) is 7.51. The number of hydrogen-bond donors (Lipinski definition) is 0. The Bertz CT molecular complexity index is 424. The van der Waals surface area contributed by atoms with Crippen molar-refractivity contribution in [2.75, 3.05) is 0 Å². The molecule has 1 fully saturated rings. The summed E-state index contributed by atoms with van der Waals surface area (Å²) < 4.78 is 5.99. The minimum atomic E-state index is 0.0882. The van der Waals surface area contributed by atoms with Gasteiger partial charge < -0.3 is 4.74 Å². The summed E-state index contributed by atoms with van der Waals surface area (Å²) in [5.74, 6) is 0.914. The minimum Gasteiger partial charge on any atom is -0.490 e. The molecule has 0 spiro atoms. The zero-order chi connectivity index (χ0) is 13.2. The van der Waals surface area contributed by atoms with Gasteiger partial charge in [-0.05, 0) is 50.2 Å². The van der Waals surface area contributed by atoms with E-state index >= 15 is 0 Å². The fourth-order valence-electron chi connectivity index (χ4n) is 2.47. The van der Waals surface area contributed by atoms with Crippen molar-refractivity contribution in [1.29, 1.82) is 0 Å². The Kier molecular flexibility index (Phi) is 3.74. The molecule has 2 rings (SSSR count). The Morgan fingerprint density at radius 2 is 1.94 bits per heavy atom. The highest BCUT2D eigenvalue weighted by Gasteiger charge is 2.27. The van der Waals surface area contributed by atoms with E-state index in [0.29, 0.717) is 11.5 Å². The Labute approximate surface area is 109 Å². The molecule has 2 nitrogen and oxygen atoms in total. The second kappa shape index (κ2) is 5.13. The molecule has 2 heteroatoms. The largest absolute Gasteiger partial charge is 0.490 e. The molecule has 0 saturated heterocycles. The Hall–Kier alpha value is -1.31. The van der Waals surface area contributed by atoms with Crippen molar-refractivity contribution in [2.45, 2.75) is 52.6 Å². The highest BCUT2D eigenvalue weighted by molar-refractivity contribution is 5.94. The Balaban J connectivity index is 1.98. The molecule has 0 radical (unpaired) electrons. The number of rotatable bonds is 3. The van der Waals surface area contributed by atoms with Crippen LogP contribution in [0.5, 0.6) is 5.75 Å². The van der Waals surface area contributed by atoms with Crippen LogP contribution in [0, 0.1) is 5.41 Å². The van der Waals surface area contributed by atoms with E-state index in [1.807, 2.05) is 24.3 Å². The van der Waals surface area contributed by atoms with Gasteiger partial charge in [-0.25, -0.2) is 0 Å². The molecule has 18 heavy (non-hydrogen) atoms. The predicted molar refractivity (Wildman–Crippen MR) is 73.1 cm³/mol. The van der Waals surface area contributed by atoms with Crippen LogP contribution < -0.4 is 4.74 Å². The van der Waals surface area contributed by atoms with Crippen LogP contribution in [0.4, 0.5) is 0 Å². The van der Waals surface area contributed by atoms with Gasteiger partial charge in [0.25, 0.3) is 0 Å². The van der Waals surface area contributed by atoms with E-state index in [0.717, 1.165) is 24.2 Å². The standard InChI is InChI=1S/C16H22O2/c1-12(17)13-5-4-6-15(11-13)18-14-7-9-16(2,3)10-8-14/h4-6,11,14H,7-10H2,1-3H3. The Morgan fingerprint density at radius 1 is 1.28 bits per heavy atom. The monoisotopic (exact) mass is 246 g/mol. The summed E-state index contributed by atoms with van der Waals surface area (Å²) in [5, 5.41) is 0. The maximum Gasteiger partial charge on any atom is 0.159 e. The van der Waals surface area contributed by atoms with Gasteiger partial charge in [-0.3, -0.25) is 4.79 Å². The van der Waals surface area contributed by atoms with Crippen molar-refractivity contribution in [2.24, 2.45) is 5.41 Å². The first-order chi connectivity index (χ1) is 8.46. The van der Waals surface area contributed by atoms with E-state index < -0.39 is 0 Å². The molecule has 0 N–H and O–H groups in total. The molecule has 0 atom stereocenters. The summed E-state index contributed by atoms with van der Waals surface area (Å²) in [7, 11) is 0. The van der Waals surface area contributed by atoms with Crippen LogP contribution in [0.1, 0.15) is 56.8 Å². The summed E-state index contributed by atoms with van der Waals surface area (Å²) in [4.78, 5) is 11.3. The Morgan fingerprint density at radius 3 is 2.56 bits per heavy atom. The van der Waals surface area contributed by atoms with Gasteiger partial charge in [0.1, 0.15) is 5.75 Å². The lowest BCUT2D eigenvalue weighted by atomic mass is 9.76. The fraction of sp³-hybridized carbons (Fsp3) is 0.562. The van der Waals surface area contributed by atoms with Crippen molar-refractivity contribution in [3.8, 4) is 5.75 Å². The first-order valence-electron chi connectivity index (χ1n) is 6.74. The van der Waals surface area contributed by atoms with E-state index in [-0.39, 0.29) is 5.78 Å². The van der Waals surface area contributed by atoms with Crippen LogP contribution in [-0.4, -0.2) is 11.9 Å². The molecule has 1 aromatic rings. The number of ether oxygens (including phenoxy) is 1. The topological polar surface area (TPSA) is 26.3 Å². The summed E-state index contributed by atoms with van der Waals surface area (Å²) in [5.41, 5.74) is 1.19. The maximum absolute atomic E-state index is 11.3. The molecule has 1 aliphatic carbocycles. The summed E-state index contributed by atoms with van der Waals surface area (Å²) >= 11 is 0. The number of hydrogen-bond acceptors (Lipinski definition) is 2. The molecule has 0 amide bonds. The zero-order valence-corrected chi connectivity index (χ0v) is 11.5. The van der Waals surface area contributed by atoms with Crippen molar-refractivity contribution in [1.82, 2.24) is 0 Å². The molecule has 0 aromatic heterocycles. The average molecular weight is 246 g/mol. The second-order valence-electron chi connectivity index (χ2n) is 6.07. The number of Topliss-reactive ketones (excluding diaryl/α,β-unsaturated/α-hetero) is 1. The van der Waals surface area contributed by atoms with Gasteiger partial charge in [-0.15, -0.1) is 0 Å². The van der Waals surface area contributed by atoms with E-state index in [1.165, 1.54) is 12.8 Å². The van der Waals surface area contributed by atoms with E-state index in [4.69, 9.17) is 4.74 Å². The lowest BCUT2D eigenvalue weighted by Gasteiger charge is -2.34. The van der Waals surface area contributed by atoms with Crippen molar-refractivity contribution < 1.29 is 9.53 Å². The highest BCUT2D eigenvalue weighted by atomic mass is 16.5. The third-order valence-corrected chi connectivity index (χ3v) is 3.83. The van der Waals surface area contributed by atoms with Crippen molar-refractivity contribution >= 4 is 5.78 Å². The zero-order valence-electron chi connectivity index (χ0n) is 11.5. The molecule has 0 bridgehead atoms. The third-order valence-electron chi connectivity index (χ3n) is 3.83. The number of benzene rings is 1. The molecule has 0 aliphatic heterocycles. The minimum absolute atomic E-state index is 0.0882. The molecular weight excluding hydrogens is 224 g/mol. The lowest BCUT2D eigenvalue weighted by molar-refractivity contribution is 0.0975. The van der Waals surface area contributed by atoms with E-state index in [2.05, 4.69) is 13.8 Å². The van der Waals surface area contributed by atoms with Gasteiger partial charge in [0.2, 0.25) is 0 Å². The van der Waals surface area contributed by atoms with Crippen molar-refractivity contribution in [3.05, 3.63) is 29.8 Å². The van der Waals surface area contributed by atoms with Crippen LogP contribution in [0.3, 0.4) is 0 Å². The first-order valence-corrected chi connectivity index (χ1v) is 6.74. The highest BCUT2D eigenvalue weighted by Crippen LogP contribution is 2.36.